The first-order valence-corrected chi connectivity index (χ1v) is 8.17. The predicted octanol–water partition coefficient (Wildman–Crippen LogP) is 2.58. The summed E-state index contributed by atoms with van der Waals surface area (Å²) in [5, 5.41) is 3.20. The summed E-state index contributed by atoms with van der Waals surface area (Å²) < 4.78 is 0. The van der Waals surface area contributed by atoms with Crippen LogP contribution in [-0.4, -0.2) is 35.8 Å². The number of nitrogens with one attached hydrogen (secondary N) is 1. The number of rotatable bonds is 3. The average Bonchev–Trinajstić information content (AvgIpc) is 2.47. The van der Waals surface area contributed by atoms with Crippen LogP contribution in [0.25, 0.3) is 0 Å². The van der Waals surface area contributed by atoms with E-state index in [1.54, 1.807) is 0 Å². The highest BCUT2D eigenvalue weighted by atomic mass is 16.2. The lowest BCUT2D eigenvalue weighted by atomic mass is 9.92. The molecule has 1 saturated heterocycles. The molecule has 1 aliphatic carbocycles. The third kappa shape index (κ3) is 3.97. The van der Waals surface area contributed by atoms with Crippen LogP contribution in [0.5, 0.6) is 0 Å². The van der Waals surface area contributed by atoms with Crippen LogP contribution in [0.4, 0.5) is 0 Å². The molecule has 2 aliphatic rings. The van der Waals surface area contributed by atoms with Crippen molar-refractivity contribution in [2.45, 2.75) is 64.8 Å². The smallest absolute Gasteiger partial charge is 0.225 e. The van der Waals surface area contributed by atoms with Crippen LogP contribution in [0.1, 0.15) is 60.2 Å². The minimum Gasteiger partial charge on any atom is -0.353 e. The van der Waals surface area contributed by atoms with Gasteiger partial charge in [-0.1, -0.05) is 33.1 Å². The molecule has 2 amide bonds. The van der Waals surface area contributed by atoms with E-state index in [1.165, 1.54) is 19.3 Å². The highest BCUT2D eigenvalue weighted by Crippen LogP contribution is 2.21. The summed E-state index contributed by atoms with van der Waals surface area (Å²) in [4.78, 5) is 26.3. The molecule has 4 nitrogen and oxygen atoms in total. The second kappa shape index (κ2) is 7.09. The standard InChI is InChI=1S/C16H28N2O2.H2/c1-12(2)16(20)18-10-6-7-13(11-18)15(19)17-14-8-4-3-5-9-14;/h12-14H,3-11H2,1-2H3,(H,17,19);1H. The van der Waals surface area contributed by atoms with E-state index in [1.807, 2.05) is 18.7 Å². The molecular formula is C16H30N2O2. The van der Waals surface area contributed by atoms with Gasteiger partial charge in [-0.25, -0.2) is 0 Å². The van der Waals surface area contributed by atoms with Crippen molar-refractivity contribution in [3.8, 4) is 0 Å². The Hall–Kier alpha value is -1.06. The molecule has 1 saturated carbocycles. The average molecular weight is 282 g/mol. The Labute approximate surface area is 123 Å². The van der Waals surface area contributed by atoms with Crippen LogP contribution in [0.3, 0.4) is 0 Å². The normalized spacial score (nSPS) is 24.8. The molecule has 20 heavy (non-hydrogen) atoms. The first kappa shape index (κ1) is 15.3. The molecule has 0 aromatic carbocycles. The maximum Gasteiger partial charge on any atom is 0.225 e. The summed E-state index contributed by atoms with van der Waals surface area (Å²) in [7, 11) is 0. The molecule has 116 valence electrons. The Balaban J connectivity index is 0.00000220. The van der Waals surface area contributed by atoms with Gasteiger partial charge in [-0.3, -0.25) is 9.59 Å². The van der Waals surface area contributed by atoms with Gasteiger partial charge in [0, 0.05) is 26.5 Å². The van der Waals surface area contributed by atoms with Crippen molar-refractivity contribution in [1.29, 1.82) is 0 Å². The van der Waals surface area contributed by atoms with Gasteiger partial charge in [-0.15, -0.1) is 0 Å². The van der Waals surface area contributed by atoms with Gasteiger partial charge in [0.1, 0.15) is 0 Å². The third-order valence-corrected chi connectivity index (χ3v) is 4.55. The fourth-order valence-corrected chi connectivity index (χ4v) is 3.32. The molecule has 1 unspecified atom stereocenters. The molecule has 0 aromatic rings. The van der Waals surface area contributed by atoms with E-state index < -0.39 is 0 Å². The molecule has 2 rings (SSSR count). The summed E-state index contributed by atoms with van der Waals surface area (Å²) in [5.41, 5.74) is 0. The second-order valence-corrected chi connectivity index (χ2v) is 6.62. The maximum absolute atomic E-state index is 12.4. The summed E-state index contributed by atoms with van der Waals surface area (Å²) in [5.74, 6) is 0.363. The predicted molar refractivity (Wildman–Crippen MR) is 81.3 cm³/mol. The van der Waals surface area contributed by atoms with E-state index in [9.17, 15) is 9.59 Å². The lowest BCUT2D eigenvalue weighted by Crippen LogP contribution is -2.48. The van der Waals surface area contributed by atoms with Gasteiger partial charge in [0.25, 0.3) is 0 Å². The highest BCUT2D eigenvalue weighted by Gasteiger charge is 2.30. The van der Waals surface area contributed by atoms with Crippen LogP contribution in [-0.2, 0) is 9.59 Å². The zero-order valence-electron chi connectivity index (χ0n) is 12.9. The van der Waals surface area contributed by atoms with Crippen LogP contribution < -0.4 is 5.32 Å². The number of carbonyl (C=O) groups is 2. The van der Waals surface area contributed by atoms with Gasteiger partial charge in [-0.05, 0) is 25.7 Å². The minimum atomic E-state index is -0.00613. The van der Waals surface area contributed by atoms with Crippen LogP contribution in [0, 0.1) is 11.8 Å². The minimum absolute atomic E-state index is 0. The quantitative estimate of drug-likeness (QED) is 0.865. The van der Waals surface area contributed by atoms with E-state index >= 15 is 0 Å². The van der Waals surface area contributed by atoms with Crippen molar-refractivity contribution >= 4 is 11.8 Å². The number of likely N-dealkylation sites (tertiary alicyclic amines) is 1. The Morgan fingerprint density at radius 3 is 2.45 bits per heavy atom. The lowest BCUT2D eigenvalue weighted by molar-refractivity contribution is -0.138. The molecule has 1 heterocycles. The molecular weight excluding hydrogens is 252 g/mol. The van der Waals surface area contributed by atoms with Crippen molar-refractivity contribution in [3.63, 3.8) is 0 Å². The molecule has 1 N–H and O–H groups in total. The van der Waals surface area contributed by atoms with Crippen LogP contribution >= 0.6 is 0 Å². The number of carbonyl (C=O) groups excluding carboxylic acids is 2. The van der Waals surface area contributed by atoms with Crippen molar-refractivity contribution in [3.05, 3.63) is 0 Å². The number of hydrogen-bond acceptors (Lipinski definition) is 2. The SMILES string of the molecule is CC(C)C(=O)N1CCCC(C(=O)NC2CCCCC2)C1.[HH]. The molecule has 0 aromatic heterocycles. The monoisotopic (exact) mass is 282 g/mol. The van der Waals surface area contributed by atoms with Crippen molar-refractivity contribution in [2.24, 2.45) is 11.8 Å². The van der Waals surface area contributed by atoms with Crippen LogP contribution in [0.15, 0.2) is 0 Å². The van der Waals surface area contributed by atoms with Gasteiger partial charge >= 0.3 is 0 Å². The Morgan fingerprint density at radius 1 is 1.10 bits per heavy atom. The van der Waals surface area contributed by atoms with Gasteiger partial charge in [-0.2, -0.15) is 0 Å². The van der Waals surface area contributed by atoms with Crippen LogP contribution in [0.2, 0.25) is 0 Å². The van der Waals surface area contributed by atoms with Crippen molar-refractivity contribution in [2.75, 3.05) is 13.1 Å². The van der Waals surface area contributed by atoms with Crippen molar-refractivity contribution < 1.29 is 11.0 Å². The molecule has 1 atom stereocenters. The third-order valence-electron chi connectivity index (χ3n) is 4.55. The molecule has 0 spiro atoms. The maximum atomic E-state index is 12.4. The first-order chi connectivity index (χ1) is 9.58. The fraction of sp³-hybridized carbons (Fsp3) is 0.875. The first-order valence-electron chi connectivity index (χ1n) is 8.17. The van der Waals surface area contributed by atoms with Gasteiger partial charge < -0.3 is 10.2 Å². The summed E-state index contributed by atoms with van der Waals surface area (Å²) in [6.45, 7) is 5.27. The number of nitrogens with zero attached hydrogens (tertiary/aromatic N) is 1. The Morgan fingerprint density at radius 2 is 1.80 bits per heavy atom. The lowest BCUT2D eigenvalue weighted by Gasteiger charge is -2.34. The molecule has 2 fully saturated rings. The highest BCUT2D eigenvalue weighted by molar-refractivity contribution is 5.82. The number of amides is 2. The van der Waals surface area contributed by atoms with Crippen molar-refractivity contribution in [1.82, 2.24) is 10.2 Å². The molecule has 1 aliphatic heterocycles. The number of hydrogen-bond donors (Lipinski definition) is 1. The Kier molecular flexibility index (Phi) is 5.44. The molecule has 0 bridgehead atoms. The molecule has 4 heteroatoms. The number of piperidine rings is 1. The summed E-state index contributed by atoms with van der Waals surface area (Å²) >= 11 is 0. The fourth-order valence-electron chi connectivity index (χ4n) is 3.32. The largest absolute Gasteiger partial charge is 0.353 e. The van der Waals surface area contributed by atoms with E-state index in [2.05, 4.69) is 5.32 Å². The second-order valence-electron chi connectivity index (χ2n) is 6.62. The summed E-state index contributed by atoms with van der Waals surface area (Å²) in [6, 6.07) is 0.368. The van der Waals surface area contributed by atoms with Gasteiger partial charge in [0.05, 0.1) is 5.92 Å². The van der Waals surface area contributed by atoms with E-state index in [4.69, 9.17) is 0 Å². The zero-order valence-corrected chi connectivity index (χ0v) is 12.9. The topological polar surface area (TPSA) is 49.4 Å². The van der Waals surface area contributed by atoms with E-state index in [-0.39, 0.29) is 25.1 Å². The van der Waals surface area contributed by atoms with E-state index in [0.717, 1.165) is 32.2 Å². The van der Waals surface area contributed by atoms with Gasteiger partial charge in [0.2, 0.25) is 11.8 Å². The zero-order chi connectivity index (χ0) is 14.5. The van der Waals surface area contributed by atoms with E-state index in [0.29, 0.717) is 12.6 Å². The Bertz CT molecular complexity index is 354. The van der Waals surface area contributed by atoms with Gasteiger partial charge in [0.15, 0.2) is 0 Å². The molecule has 0 radical (unpaired) electrons. The summed E-state index contributed by atoms with van der Waals surface area (Å²) in [6.07, 6.45) is 7.86.